The van der Waals surface area contributed by atoms with Crippen LogP contribution in [0.3, 0.4) is 0 Å². The summed E-state index contributed by atoms with van der Waals surface area (Å²) in [5, 5.41) is 25.5. The third-order valence-corrected chi connectivity index (χ3v) is 3.16. The Bertz CT molecular complexity index is 459. The summed E-state index contributed by atoms with van der Waals surface area (Å²) in [6.45, 7) is 1.11. The van der Waals surface area contributed by atoms with E-state index in [1.807, 2.05) is 0 Å². The lowest BCUT2D eigenvalue weighted by Gasteiger charge is -2.23. The first-order valence-electron chi connectivity index (χ1n) is 7.78. The van der Waals surface area contributed by atoms with Gasteiger partial charge in [0.15, 0.2) is 0 Å². The number of carbonyl (C=O) groups excluding carboxylic acids is 2. The number of aliphatic carboxylic acids is 2. The van der Waals surface area contributed by atoms with Crippen LogP contribution < -0.4 is 16.0 Å². The summed E-state index contributed by atoms with van der Waals surface area (Å²) in [6, 6.07) is 0. The van der Waals surface area contributed by atoms with Crippen LogP contribution >= 0.6 is 0 Å². The molecule has 11 nitrogen and oxygen atoms in total. The first kappa shape index (κ1) is 22.8. The van der Waals surface area contributed by atoms with Gasteiger partial charge in [0, 0.05) is 40.3 Å². The Morgan fingerprint density at radius 2 is 1.52 bits per heavy atom. The number of carboxylic acid groups (broad SMARTS) is 2. The quantitative estimate of drug-likeness (QED) is 0.202. The fraction of sp³-hybridized carbons (Fsp3) is 0.714. The van der Waals surface area contributed by atoms with Crippen LogP contribution in [0.25, 0.3) is 0 Å². The predicted molar refractivity (Wildman–Crippen MR) is 89.2 cm³/mol. The molecule has 0 bridgehead atoms. The second-order valence-electron chi connectivity index (χ2n) is 5.35. The van der Waals surface area contributed by atoms with Gasteiger partial charge in [-0.15, -0.1) is 0 Å². The van der Waals surface area contributed by atoms with E-state index >= 15 is 0 Å². The number of hydrogen-bond acceptors (Lipinski definition) is 7. The maximum Gasteiger partial charge on any atom is 0.317 e. The summed E-state index contributed by atoms with van der Waals surface area (Å²) in [4.78, 5) is 47.2. The molecule has 0 aromatic heterocycles. The maximum atomic E-state index is 12.0. The van der Waals surface area contributed by atoms with Crippen molar-refractivity contribution in [1.82, 2.24) is 25.8 Å². The molecule has 0 atom stereocenters. The highest BCUT2D eigenvalue weighted by atomic mass is 16.4. The van der Waals surface area contributed by atoms with Gasteiger partial charge < -0.3 is 31.1 Å². The van der Waals surface area contributed by atoms with E-state index in [0.717, 1.165) is 0 Å². The van der Waals surface area contributed by atoms with Crippen LogP contribution in [0.1, 0.15) is 0 Å². The van der Waals surface area contributed by atoms with E-state index in [1.165, 1.54) is 23.9 Å². The summed E-state index contributed by atoms with van der Waals surface area (Å²) in [5.74, 6) is -2.65. The Balaban J connectivity index is 4.18. The zero-order valence-corrected chi connectivity index (χ0v) is 14.6. The summed E-state index contributed by atoms with van der Waals surface area (Å²) in [5.41, 5.74) is 0. The normalized spacial score (nSPS) is 10.5. The van der Waals surface area contributed by atoms with Crippen LogP contribution in [0.2, 0.25) is 0 Å². The molecule has 0 heterocycles. The van der Waals surface area contributed by atoms with Gasteiger partial charge in [-0.3, -0.25) is 24.1 Å². The molecule has 0 aliphatic heterocycles. The second kappa shape index (κ2) is 13.1. The molecular weight excluding hydrogens is 334 g/mol. The van der Waals surface area contributed by atoms with E-state index < -0.39 is 11.9 Å². The van der Waals surface area contributed by atoms with Gasteiger partial charge in [0.25, 0.3) is 0 Å². The molecule has 0 unspecified atom stereocenters. The smallest absolute Gasteiger partial charge is 0.317 e. The van der Waals surface area contributed by atoms with Crippen LogP contribution in [-0.2, 0) is 19.2 Å². The zero-order valence-electron chi connectivity index (χ0n) is 14.6. The molecule has 0 spiro atoms. The van der Waals surface area contributed by atoms with E-state index in [-0.39, 0.29) is 38.0 Å². The Morgan fingerprint density at radius 3 is 2.08 bits per heavy atom. The van der Waals surface area contributed by atoms with Gasteiger partial charge in [-0.05, 0) is 0 Å². The lowest BCUT2D eigenvalue weighted by molar-refractivity contribution is -0.140. The van der Waals surface area contributed by atoms with E-state index in [0.29, 0.717) is 26.2 Å². The fourth-order valence-electron chi connectivity index (χ4n) is 1.83. The van der Waals surface area contributed by atoms with Gasteiger partial charge in [-0.1, -0.05) is 0 Å². The van der Waals surface area contributed by atoms with Crippen molar-refractivity contribution in [1.29, 1.82) is 0 Å². The van der Waals surface area contributed by atoms with E-state index in [2.05, 4.69) is 16.0 Å². The first-order chi connectivity index (χ1) is 11.8. The molecule has 0 aliphatic rings. The third kappa shape index (κ3) is 12.8. The molecule has 0 radical (unpaired) electrons. The van der Waals surface area contributed by atoms with Crippen molar-refractivity contribution in [2.24, 2.45) is 0 Å². The molecular formula is C14H27N5O6. The minimum Gasteiger partial charge on any atom is -0.480 e. The van der Waals surface area contributed by atoms with Crippen LogP contribution in [-0.4, -0.2) is 110 Å². The molecule has 0 saturated carbocycles. The number of likely N-dealkylation sites (N-methyl/N-ethyl adjacent to an activating group) is 2. The highest BCUT2D eigenvalue weighted by Crippen LogP contribution is 1.93. The molecule has 0 saturated heterocycles. The molecule has 0 fully saturated rings. The highest BCUT2D eigenvalue weighted by Gasteiger charge is 2.18. The van der Waals surface area contributed by atoms with Gasteiger partial charge in [0.1, 0.15) is 0 Å². The molecule has 11 heteroatoms. The highest BCUT2D eigenvalue weighted by molar-refractivity contribution is 5.85. The Labute approximate surface area is 146 Å². The van der Waals surface area contributed by atoms with Gasteiger partial charge in [0.05, 0.1) is 26.2 Å². The van der Waals surface area contributed by atoms with Crippen molar-refractivity contribution in [3.05, 3.63) is 0 Å². The van der Waals surface area contributed by atoms with Crippen LogP contribution in [0.5, 0.6) is 0 Å². The SMILES string of the molecule is CNC(=O)CN(C)C(=O)CN(CCNCCNCC(=O)O)CC(=O)O. The molecule has 5 N–H and O–H groups in total. The van der Waals surface area contributed by atoms with Gasteiger partial charge in [0.2, 0.25) is 11.8 Å². The van der Waals surface area contributed by atoms with Gasteiger partial charge >= 0.3 is 11.9 Å². The second-order valence-corrected chi connectivity index (χ2v) is 5.35. The topological polar surface area (TPSA) is 151 Å². The van der Waals surface area contributed by atoms with Crippen molar-refractivity contribution in [2.45, 2.75) is 0 Å². The third-order valence-electron chi connectivity index (χ3n) is 3.16. The Hall–Kier alpha value is -2.24. The Kier molecular flexibility index (Phi) is 11.9. The maximum absolute atomic E-state index is 12.0. The molecule has 0 aromatic rings. The molecule has 2 amide bonds. The van der Waals surface area contributed by atoms with E-state index in [9.17, 15) is 19.2 Å². The fourth-order valence-corrected chi connectivity index (χ4v) is 1.83. The van der Waals surface area contributed by atoms with Crippen molar-refractivity contribution in [2.75, 3.05) is 66.5 Å². The largest absolute Gasteiger partial charge is 0.480 e. The lowest BCUT2D eigenvalue weighted by Crippen LogP contribution is -2.45. The van der Waals surface area contributed by atoms with Crippen molar-refractivity contribution >= 4 is 23.8 Å². The summed E-state index contributed by atoms with van der Waals surface area (Å²) < 4.78 is 0. The lowest BCUT2D eigenvalue weighted by atomic mass is 10.4. The molecule has 0 rings (SSSR count). The van der Waals surface area contributed by atoms with Crippen molar-refractivity contribution in [3.8, 4) is 0 Å². The summed E-state index contributed by atoms with van der Waals surface area (Å²) in [7, 11) is 2.94. The number of hydrogen-bond donors (Lipinski definition) is 5. The van der Waals surface area contributed by atoms with Crippen LogP contribution in [0.15, 0.2) is 0 Å². The van der Waals surface area contributed by atoms with E-state index in [4.69, 9.17) is 10.2 Å². The average Bonchev–Trinajstić information content (AvgIpc) is 2.52. The standard InChI is InChI=1S/C14H27N5O6/c1-15-11(20)8-18(2)12(21)9-19(10-14(24)25)6-5-16-3-4-17-7-13(22)23/h16-17H,3-10H2,1-2H3,(H,15,20)(H,22,23)(H,24,25). The van der Waals surface area contributed by atoms with Crippen molar-refractivity contribution < 1.29 is 29.4 Å². The number of rotatable bonds is 14. The van der Waals surface area contributed by atoms with E-state index in [1.54, 1.807) is 0 Å². The molecule has 0 aliphatic carbocycles. The molecule has 144 valence electrons. The van der Waals surface area contributed by atoms with Crippen LogP contribution in [0, 0.1) is 0 Å². The number of nitrogens with one attached hydrogen (secondary N) is 3. The van der Waals surface area contributed by atoms with Gasteiger partial charge in [-0.25, -0.2) is 0 Å². The predicted octanol–water partition coefficient (Wildman–Crippen LogP) is -3.16. The summed E-state index contributed by atoms with van der Waals surface area (Å²) >= 11 is 0. The monoisotopic (exact) mass is 361 g/mol. The van der Waals surface area contributed by atoms with Crippen LogP contribution in [0.4, 0.5) is 0 Å². The average molecular weight is 361 g/mol. The molecule has 25 heavy (non-hydrogen) atoms. The minimum absolute atomic E-state index is 0.0935. The Morgan fingerprint density at radius 1 is 0.880 bits per heavy atom. The molecule has 0 aromatic carbocycles. The number of nitrogens with zero attached hydrogens (tertiary/aromatic N) is 2. The summed E-state index contributed by atoms with van der Waals surface area (Å²) in [6.07, 6.45) is 0. The number of carbonyl (C=O) groups is 4. The zero-order chi connectivity index (χ0) is 19.2. The first-order valence-corrected chi connectivity index (χ1v) is 7.78. The minimum atomic E-state index is -1.05. The van der Waals surface area contributed by atoms with Crippen molar-refractivity contribution in [3.63, 3.8) is 0 Å². The number of carboxylic acids is 2. The van der Waals surface area contributed by atoms with Gasteiger partial charge in [-0.2, -0.15) is 0 Å². The number of amides is 2.